The molecule has 1 aromatic rings. The number of benzene rings is 1. The Labute approximate surface area is 123 Å². The van der Waals surface area contributed by atoms with Gasteiger partial charge in [0.05, 0.1) is 38.7 Å². The lowest BCUT2D eigenvalue weighted by Crippen LogP contribution is -3.00. The number of halogens is 1. The van der Waals surface area contributed by atoms with E-state index in [0.29, 0.717) is 23.3 Å². The fourth-order valence-electron chi connectivity index (χ4n) is 1.66. The number of nitrogens with one attached hydrogen (secondary N) is 1. The summed E-state index contributed by atoms with van der Waals surface area (Å²) in [5.41, 5.74) is 0.622. The third kappa shape index (κ3) is 6.00. The van der Waals surface area contributed by atoms with E-state index in [4.69, 9.17) is 5.11 Å². The van der Waals surface area contributed by atoms with Crippen molar-refractivity contribution in [2.24, 2.45) is 0 Å². The van der Waals surface area contributed by atoms with Gasteiger partial charge in [0.15, 0.2) is 0 Å². The van der Waals surface area contributed by atoms with Crippen LogP contribution in [0.25, 0.3) is 0 Å². The van der Waals surface area contributed by atoms with Gasteiger partial charge in [-0.2, -0.15) is 0 Å². The molecule has 0 aromatic heterocycles. The number of anilines is 1. The molecule has 2 N–H and O–H groups in total. The predicted octanol–water partition coefficient (Wildman–Crippen LogP) is -1.92. The molecule has 0 saturated heterocycles. The van der Waals surface area contributed by atoms with Gasteiger partial charge in [0.25, 0.3) is 5.69 Å². The lowest BCUT2D eigenvalue weighted by Gasteiger charge is -2.29. The normalized spacial score (nSPS) is 10.7. The summed E-state index contributed by atoms with van der Waals surface area (Å²) in [7, 11) is 4.02. The second-order valence-electron chi connectivity index (χ2n) is 4.81. The number of aliphatic hydroxyl groups excluding tert-OH is 1. The Morgan fingerprint density at radius 1 is 1.32 bits per heavy atom. The summed E-state index contributed by atoms with van der Waals surface area (Å²) >= 11 is 0. The average molecular weight is 334 g/mol. The molecule has 6 nitrogen and oxygen atoms in total. The van der Waals surface area contributed by atoms with Crippen LogP contribution >= 0.6 is 0 Å². The van der Waals surface area contributed by atoms with E-state index in [1.54, 1.807) is 18.2 Å². The molecule has 0 amide bonds. The van der Waals surface area contributed by atoms with Crippen molar-refractivity contribution < 1.29 is 31.5 Å². The first-order valence-corrected chi connectivity index (χ1v) is 5.86. The third-order valence-electron chi connectivity index (χ3n) is 2.84. The molecular formula is C12H20BrN3O3. The smallest absolute Gasteiger partial charge is 0.292 e. The summed E-state index contributed by atoms with van der Waals surface area (Å²) < 4.78 is 0.671. The molecule has 0 heterocycles. The maximum absolute atomic E-state index is 10.8. The molecule has 108 valence electrons. The first kappa shape index (κ1) is 17.8. The van der Waals surface area contributed by atoms with Crippen molar-refractivity contribution >= 4 is 11.4 Å². The first-order valence-electron chi connectivity index (χ1n) is 5.86. The van der Waals surface area contributed by atoms with Crippen LogP contribution in [0.3, 0.4) is 0 Å². The quantitative estimate of drug-likeness (QED) is 0.346. The Morgan fingerprint density at radius 2 is 1.95 bits per heavy atom. The Morgan fingerprint density at radius 3 is 2.53 bits per heavy atom. The summed E-state index contributed by atoms with van der Waals surface area (Å²) in [4.78, 5) is 10.4. The lowest BCUT2D eigenvalue weighted by atomic mass is 10.2. The first-order chi connectivity index (χ1) is 8.46. The molecule has 19 heavy (non-hydrogen) atoms. The summed E-state index contributed by atoms with van der Waals surface area (Å²) in [6.45, 7) is 2.21. The summed E-state index contributed by atoms with van der Waals surface area (Å²) in [6.07, 6.45) is 0. The highest BCUT2D eigenvalue weighted by molar-refractivity contribution is 5.60. The van der Waals surface area contributed by atoms with Crippen molar-refractivity contribution in [3.05, 3.63) is 34.4 Å². The Hall–Kier alpha value is -1.18. The van der Waals surface area contributed by atoms with Gasteiger partial charge >= 0.3 is 0 Å². The molecule has 1 aromatic carbocycles. The van der Waals surface area contributed by atoms with Crippen LogP contribution in [0.1, 0.15) is 0 Å². The van der Waals surface area contributed by atoms with Crippen molar-refractivity contribution in [1.29, 1.82) is 0 Å². The van der Waals surface area contributed by atoms with E-state index in [-0.39, 0.29) is 29.3 Å². The van der Waals surface area contributed by atoms with Gasteiger partial charge in [0.2, 0.25) is 0 Å². The topological polar surface area (TPSA) is 75.4 Å². The summed E-state index contributed by atoms with van der Waals surface area (Å²) in [5, 5.41) is 22.8. The van der Waals surface area contributed by atoms with Crippen LogP contribution in [0.4, 0.5) is 11.4 Å². The predicted molar refractivity (Wildman–Crippen MR) is 70.5 cm³/mol. The van der Waals surface area contributed by atoms with Crippen molar-refractivity contribution in [2.75, 3.05) is 45.7 Å². The molecule has 7 heteroatoms. The molecule has 0 fully saturated rings. The maximum Gasteiger partial charge on any atom is 0.292 e. The molecule has 0 aliphatic rings. The molecule has 0 bridgehead atoms. The molecule has 0 aliphatic carbocycles. The van der Waals surface area contributed by atoms with E-state index in [1.165, 1.54) is 6.07 Å². The summed E-state index contributed by atoms with van der Waals surface area (Å²) in [6, 6.07) is 6.60. The number of nitro groups is 1. The lowest BCUT2D eigenvalue weighted by molar-refractivity contribution is -0.888. The zero-order chi connectivity index (χ0) is 13.6. The van der Waals surface area contributed by atoms with E-state index >= 15 is 0 Å². The second-order valence-corrected chi connectivity index (χ2v) is 4.81. The van der Waals surface area contributed by atoms with Crippen LogP contribution in [0.15, 0.2) is 24.3 Å². The van der Waals surface area contributed by atoms with Gasteiger partial charge in [-0.1, -0.05) is 12.1 Å². The Balaban J connectivity index is 0.00000324. The van der Waals surface area contributed by atoms with E-state index in [2.05, 4.69) is 5.32 Å². The molecule has 0 unspecified atom stereocenters. The van der Waals surface area contributed by atoms with E-state index in [1.807, 2.05) is 14.1 Å². The number of para-hydroxylation sites is 2. The fraction of sp³-hybridized carbons (Fsp3) is 0.500. The van der Waals surface area contributed by atoms with Gasteiger partial charge in [-0.15, -0.1) is 0 Å². The maximum atomic E-state index is 10.8. The minimum atomic E-state index is -0.393. The highest BCUT2D eigenvalue weighted by Gasteiger charge is 2.15. The third-order valence-corrected chi connectivity index (χ3v) is 2.84. The van der Waals surface area contributed by atoms with Crippen molar-refractivity contribution in [1.82, 2.24) is 0 Å². The van der Waals surface area contributed by atoms with Crippen LogP contribution < -0.4 is 22.3 Å². The number of likely N-dealkylation sites (N-methyl/N-ethyl adjacent to an activating group) is 1. The van der Waals surface area contributed by atoms with Crippen LogP contribution in [0.5, 0.6) is 0 Å². The Kier molecular flexibility index (Phi) is 7.58. The number of nitro benzene ring substituents is 1. The fourth-order valence-corrected chi connectivity index (χ4v) is 1.66. The number of rotatable bonds is 7. The molecular weight excluding hydrogens is 314 g/mol. The van der Waals surface area contributed by atoms with Crippen LogP contribution in [-0.4, -0.2) is 54.8 Å². The monoisotopic (exact) mass is 333 g/mol. The molecule has 0 aliphatic heterocycles. The SMILES string of the molecule is C[N+](C)(CCO)CCNc1ccccc1[N+](=O)[O-].[Br-]. The molecule has 0 atom stereocenters. The standard InChI is InChI=1S/C12H20N3O3.BrH/c1-15(2,9-10-16)8-7-13-11-5-3-4-6-12(11)14(17)18;/h3-6,13,16H,7-10H2,1-2H3;1H/q+1;/p-1. The summed E-state index contributed by atoms with van der Waals surface area (Å²) in [5.74, 6) is 0. The van der Waals surface area contributed by atoms with E-state index in [0.717, 1.165) is 6.54 Å². The van der Waals surface area contributed by atoms with Crippen molar-refractivity contribution in [3.8, 4) is 0 Å². The van der Waals surface area contributed by atoms with Crippen LogP contribution in [0, 0.1) is 10.1 Å². The minimum Gasteiger partial charge on any atom is -1.00 e. The van der Waals surface area contributed by atoms with Crippen LogP contribution in [0.2, 0.25) is 0 Å². The van der Waals surface area contributed by atoms with Crippen molar-refractivity contribution in [2.45, 2.75) is 0 Å². The second kappa shape index (κ2) is 8.08. The largest absolute Gasteiger partial charge is 1.00 e. The van der Waals surface area contributed by atoms with Gasteiger partial charge in [-0.3, -0.25) is 10.1 Å². The zero-order valence-electron chi connectivity index (χ0n) is 11.2. The van der Waals surface area contributed by atoms with Crippen molar-refractivity contribution in [3.63, 3.8) is 0 Å². The average Bonchev–Trinajstić information content (AvgIpc) is 2.29. The molecule has 0 spiro atoms. The number of quaternary nitrogens is 1. The Bertz CT molecular complexity index is 413. The molecule has 1 rings (SSSR count). The van der Waals surface area contributed by atoms with Gasteiger partial charge in [-0.05, 0) is 6.07 Å². The number of nitrogens with zero attached hydrogens (tertiary/aromatic N) is 2. The van der Waals surface area contributed by atoms with E-state index in [9.17, 15) is 10.1 Å². The highest BCUT2D eigenvalue weighted by Crippen LogP contribution is 2.22. The van der Waals surface area contributed by atoms with Gasteiger partial charge in [-0.25, -0.2) is 0 Å². The minimum absolute atomic E-state index is 0. The highest BCUT2D eigenvalue weighted by atomic mass is 79.9. The number of hydrogen-bond donors (Lipinski definition) is 2. The zero-order valence-corrected chi connectivity index (χ0v) is 12.8. The van der Waals surface area contributed by atoms with Gasteiger partial charge in [0.1, 0.15) is 12.2 Å². The van der Waals surface area contributed by atoms with Gasteiger partial charge < -0.3 is 31.9 Å². The van der Waals surface area contributed by atoms with E-state index < -0.39 is 4.92 Å². The molecule has 0 saturated carbocycles. The van der Waals surface area contributed by atoms with Gasteiger partial charge in [0, 0.05) is 6.07 Å². The number of hydrogen-bond acceptors (Lipinski definition) is 4. The molecule has 0 radical (unpaired) electrons. The van der Waals surface area contributed by atoms with Crippen LogP contribution in [-0.2, 0) is 0 Å². The number of aliphatic hydroxyl groups is 1.